The molecule has 1 atom stereocenters. The van der Waals surface area contributed by atoms with Gasteiger partial charge in [-0.3, -0.25) is 19.3 Å². The summed E-state index contributed by atoms with van der Waals surface area (Å²) in [6.07, 6.45) is 0.223. The molecule has 0 bridgehead atoms. The minimum absolute atomic E-state index is 0.121. The van der Waals surface area contributed by atoms with Crippen LogP contribution in [-0.4, -0.2) is 30.2 Å². The number of amides is 2. The summed E-state index contributed by atoms with van der Waals surface area (Å²) in [6, 6.07) is 12.5. The maximum absolute atomic E-state index is 12.6. The highest BCUT2D eigenvalue weighted by atomic mass is 16.5. The number of carbonyl (C=O) groups is 3. The molecular formula is C21H22N2O4. The van der Waals surface area contributed by atoms with Crippen LogP contribution in [-0.2, 0) is 16.0 Å². The fourth-order valence-corrected chi connectivity index (χ4v) is 2.96. The van der Waals surface area contributed by atoms with E-state index in [2.05, 4.69) is 12.2 Å². The van der Waals surface area contributed by atoms with Gasteiger partial charge in [0.2, 0.25) is 5.91 Å². The molecule has 2 aromatic carbocycles. The van der Waals surface area contributed by atoms with E-state index in [9.17, 15) is 14.4 Å². The number of hydrogen-bond donors (Lipinski definition) is 1. The summed E-state index contributed by atoms with van der Waals surface area (Å²) < 4.78 is 5.60. The first-order valence-corrected chi connectivity index (χ1v) is 8.91. The molecule has 0 fully saturated rings. The van der Waals surface area contributed by atoms with Crippen LogP contribution in [0.15, 0.2) is 42.5 Å². The fourth-order valence-electron chi connectivity index (χ4n) is 2.96. The van der Waals surface area contributed by atoms with Crippen LogP contribution in [0.2, 0.25) is 0 Å². The number of carbonyl (C=O) groups excluding carboxylic acids is 3. The zero-order valence-electron chi connectivity index (χ0n) is 15.6. The maximum atomic E-state index is 12.6. The second-order valence-electron chi connectivity index (χ2n) is 6.52. The number of hydrogen-bond acceptors (Lipinski definition) is 4. The molecule has 0 radical (unpaired) electrons. The molecule has 1 aliphatic rings. The first-order chi connectivity index (χ1) is 12.9. The number of ether oxygens (including phenoxy) is 1. The molecule has 0 saturated carbocycles. The van der Waals surface area contributed by atoms with Gasteiger partial charge in [0.25, 0.3) is 5.91 Å². The molecule has 0 aliphatic carbocycles. The van der Waals surface area contributed by atoms with Crippen molar-refractivity contribution in [1.82, 2.24) is 0 Å². The average Bonchev–Trinajstić information content (AvgIpc) is 2.65. The predicted molar refractivity (Wildman–Crippen MR) is 103 cm³/mol. The van der Waals surface area contributed by atoms with Crippen molar-refractivity contribution in [2.75, 3.05) is 16.8 Å². The molecule has 2 aromatic rings. The number of fused-ring (bicyclic) bond motifs is 1. The Hall–Kier alpha value is -3.15. The lowest BCUT2D eigenvalue weighted by Gasteiger charge is -2.32. The summed E-state index contributed by atoms with van der Waals surface area (Å²) in [5.74, 6) is -0.281. The summed E-state index contributed by atoms with van der Waals surface area (Å²) in [6.45, 7) is 4.99. The standard InChI is InChI=1S/C21H22N2O4/c1-4-15-5-8-17(9-6-15)22-20(25)12-23-18-11-16(13(2)24)7-10-19(18)27-14(3)21(23)26/h5-11,14H,4,12H2,1-3H3,(H,22,25). The highest BCUT2D eigenvalue weighted by Gasteiger charge is 2.33. The van der Waals surface area contributed by atoms with Gasteiger partial charge in [-0.05, 0) is 56.2 Å². The number of rotatable bonds is 5. The Morgan fingerprint density at radius 2 is 1.85 bits per heavy atom. The number of nitrogens with zero attached hydrogens (tertiary/aromatic N) is 1. The van der Waals surface area contributed by atoms with Crippen molar-refractivity contribution < 1.29 is 19.1 Å². The molecule has 1 aliphatic heterocycles. The van der Waals surface area contributed by atoms with E-state index in [1.807, 2.05) is 24.3 Å². The summed E-state index contributed by atoms with van der Waals surface area (Å²) >= 11 is 0. The van der Waals surface area contributed by atoms with Gasteiger partial charge in [0.15, 0.2) is 11.9 Å². The van der Waals surface area contributed by atoms with E-state index >= 15 is 0 Å². The molecule has 6 nitrogen and oxygen atoms in total. The smallest absolute Gasteiger partial charge is 0.268 e. The van der Waals surface area contributed by atoms with E-state index < -0.39 is 6.10 Å². The zero-order valence-corrected chi connectivity index (χ0v) is 15.6. The maximum Gasteiger partial charge on any atom is 0.268 e. The topological polar surface area (TPSA) is 75.7 Å². The molecule has 1 heterocycles. The molecule has 27 heavy (non-hydrogen) atoms. The Labute approximate surface area is 158 Å². The van der Waals surface area contributed by atoms with E-state index in [4.69, 9.17) is 4.74 Å². The van der Waals surface area contributed by atoms with Gasteiger partial charge in [-0.25, -0.2) is 0 Å². The van der Waals surface area contributed by atoms with Crippen molar-refractivity contribution >= 4 is 29.0 Å². The monoisotopic (exact) mass is 366 g/mol. The number of aryl methyl sites for hydroxylation is 1. The van der Waals surface area contributed by atoms with Crippen LogP contribution in [0.3, 0.4) is 0 Å². The van der Waals surface area contributed by atoms with Gasteiger partial charge < -0.3 is 10.1 Å². The van der Waals surface area contributed by atoms with E-state index in [-0.39, 0.29) is 24.1 Å². The summed E-state index contributed by atoms with van der Waals surface area (Å²) in [4.78, 5) is 38.1. The third kappa shape index (κ3) is 4.00. The number of nitrogens with one attached hydrogen (secondary N) is 1. The van der Waals surface area contributed by atoms with E-state index in [0.29, 0.717) is 22.7 Å². The molecular weight excluding hydrogens is 344 g/mol. The molecule has 3 rings (SSSR count). The minimum Gasteiger partial charge on any atom is -0.479 e. The average molecular weight is 366 g/mol. The number of anilines is 2. The highest BCUT2D eigenvalue weighted by molar-refractivity contribution is 6.07. The molecule has 0 spiro atoms. The Balaban J connectivity index is 1.82. The van der Waals surface area contributed by atoms with Crippen molar-refractivity contribution in [1.29, 1.82) is 0 Å². The van der Waals surface area contributed by atoms with Gasteiger partial charge >= 0.3 is 0 Å². The summed E-state index contributed by atoms with van der Waals surface area (Å²) in [5.41, 5.74) is 2.74. The highest BCUT2D eigenvalue weighted by Crippen LogP contribution is 2.35. The largest absolute Gasteiger partial charge is 0.479 e. The first kappa shape index (κ1) is 18.6. The predicted octanol–water partition coefficient (Wildman–Crippen LogP) is 3.20. The van der Waals surface area contributed by atoms with Crippen LogP contribution < -0.4 is 15.0 Å². The van der Waals surface area contributed by atoms with Gasteiger partial charge in [0, 0.05) is 11.3 Å². The Morgan fingerprint density at radius 3 is 2.48 bits per heavy atom. The fraction of sp³-hybridized carbons (Fsp3) is 0.286. The van der Waals surface area contributed by atoms with Crippen molar-refractivity contribution in [3.05, 3.63) is 53.6 Å². The normalized spacial score (nSPS) is 15.7. The molecule has 1 unspecified atom stereocenters. The van der Waals surface area contributed by atoms with Gasteiger partial charge in [-0.2, -0.15) is 0 Å². The molecule has 2 amide bonds. The molecule has 140 valence electrons. The van der Waals surface area contributed by atoms with Crippen molar-refractivity contribution in [3.8, 4) is 5.75 Å². The van der Waals surface area contributed by atoms with Crippen LogP contribution in [0.4, 0.5) is 11.4 Å². The Morgan fingerprint density at radius 1 is 1.15 bits per heavy atom. The molecule has 6 heteroatoms. The Kier molecular flexibility index (Phi) is 5.26. The van der Waals surface area contributed by atoms with Gasteiger partial charge in [0.05, 0.1) is 5.69 Å². The van der Waals surface area contributed by atoms with Crippen molar-refractivity contribution in [2.24, 2.45) is 0 Å². The van der Waals surface area contributed by atoms with Crippen molar-refractivity contribution in [3.63, 3.8) is 0 Å². The van der Waals surface area contributed by atoms with E-state index in [0.717, 1.165) is 6.42 Å². The quantitative estimate of drug-likeness (QED) is 0.825. The third-order valence-electron chi connectivity index (χ3n) is 4.52. The number of ketones is 1. The van der Waals surface area contributed by atoms with Gasteiger partial charge in [0.1, 0.15) is 12.3 Å². The SMILES string of the molecule is CCc1ccc(NC(=O)CN2C(=O)C(C)Oc3ccc(C(C)=O)cc32)cc1. The van der Waals surface area contributed by atoms with Gasteiger partial charge in [-0.15, -0.1) is 0 Å². The number of Topliss-reactive ketones (excluding diaryl/α,β-unsaturated/α-hetero) is 1. The Bertz CT molecular complexity index is 890. The lowest BCUT2D eigenvalue weighted by atomic mass is 10.1. The van der Waals surface area contributed by atoms with E-state index in [1.54, 1.807) is 25.1 Å². The summed E-state index contributed by atoms with van der Waals surface area (Å²) in [5, 5.41) is 2.80. The lowest BCUT2D eigenvalue weighted by molar-refractivity contribution is -0.127. The van der Waals surface area contributed by atoms with Crippen LogP contribution in [0, 0.1) is 0 Å². The minimum atomic E-state index is -0.697. The lowest BCUT2D eigenvalue weighted by Crippen LogP contribution is -2.47. The third-order valence-corrected chi connectivity index (χ3v) is 4.52. The van der Waals surface area contributed by atoms with Crippen LogP contribution in [0.5, 0.6) is 5.75 Å². The summed E-state index contributed by atoms with van der Waals surface area (Å²) in [7, 11) is 0. The van der Waals surface area contributed by atoms with Crippen molar-refractivity contribution in [2.45, 2.75) is 33.3 Å². The van der Waals surface area contributed by atoms with Crippen LogP contribution in [0.25, 0.3) is 0 Å². The second-order valence-corrected chi connectivity index (χ2v) is 6.52. The zero-order chi connectivity index (χ0) is 19.6. The molecule has 1 N–H and O–H groups in total. The van der Waals surface area contributed by atoms with E-state index in [1.165, 1.54) is 17.4 Å². The molecule has 0 saturated heterocycles. The number of benzene rings is 2. The first-order valence-electron chi connectivity index (χ1n) is 8.91. The van der Waals surface area contributed by atoms with Crippen LogP contribution >= 0.6 is 0 Å². The molecule has 0 aromatic heterocycles. The van der Waals surface area contributed by atoms with Gasteiger partial charge in [-0.1, -0.05) is 19.1 Å². The second kappa shape index (κ2) is 7.61. The van der Waals surface area contributed by atoms with Crippen LogP contribution in [0.1, 0.15) is 36.7 Å².